The molecule has 0 spiro atoms. The molecule has 1 aliphatic heterocycles. The fourth-order valence-electron chi connectivity index (χ4n) is 2.21. The Morgan fingerprint density at radius 3 is 2.54 bits per heavy atom. The summed E-state index contributed by atoms with van der Waals surface area (Å²) in [7, 11) is 0. The normalized spacial score (nSPS) is 44.2. The second-order valence-electron chi connectivity index (χ2n) is 4.03. The summed E-state index contributed by atoms with van der Waals surface area (Å²) in [6.07, 6.45) is 2.20. The van der Waals surface area contributed by atoms with Gasteiger partial charge >= 0.3 is 0 Å². The van der Waals surface area contributed by atoms with Gasteiger partial charge in [-0.15, -0.1) is 0 Å². The highest BCUT2D eigenvalue weighted by molar-refractivity contribution is 8.15. The summed E-state index contributed by atoms with van der Waals surface area (Å²) in [5, 5.41) is 0.0362. The number of hydrogen-bond acceptors (Lipinski definition) is 3. The molecule has 4 unspecified atom stereocenters. The summed E-state index contributed by atoms with van der Waals surface area (Å²) in [4.78, 5) is 23.1. The maximum absolute atomic E-state index is 11.6. The van der Waals surface area contributed by atoms with Gasteiger partial charge in [0.2, 0.25) is 0 Å². The Hall–Kier alpha value is -0.310. The van der Waals surface area contributed by atoms with E-state index in [0.29, 0.717) is 11.8 Å². The predicted molar refractivity (Wildman–Crippen MR) is 52.4 cm³/mol. The topological polar surface area (TPSA) is 34.1 Å². The molecule has 0 radical (unpaired) electrons. The van der Waals surface area contributed by atoms with E-state index in [4.69, 9.17) is 0 Å². The maximum atomic E-state index is 11.6. The molecule has 2 rings (SSSR count). The number of Topliss-reactive ketones (excluding diaryl/α,β-unsaturated/α-hetero) is 1. The third-order valence-corrected chi connectivity index (χ3v) is 4.26. The third-order valence-electron chi connectivity index (χ3n) is 3.18. The van der Waals surface area contributed by atoms with Gasteiger partial charge in [0, 0.05) is 0 Å². The van der Waals surface area contributed by atoms with Gasteiger partial charge in [-0.1, -0.05) is 25.1 Å². The molecule has 0 aromatic rings. The van der Waals surface area contributed by atoms with E-state index in [1.165, 1.54) is 11.8 Å². The molecule has 1 saturated heterocycles. The monoisotopic (exact) mass is 198 g/mol. The Morgan fingerprint density at radius 2 is 2.15 bits per heavy atom. The molecule has 13 heavy (non-hydrogen) atoms. The van der Waals surface area contributed by atoms with Crippen LogP contribution in [0, 0.1) is 17.8 Å². The zero-order valence-electron chi connectivity index (χ0n) is 7.95. The number of thioether (sulfide) groups is 1. The average Bonchev–Trinajstić information content (AvgIpc) is 2.79. The van der Waals surface area contributed by atoms with Gasteiger partial charge in [-0.3, -0.25) is 9.59 Å². The van der Waals surface area contributed by atoms with Crippen LogP contribution in [0.3, 0.4) is 0 Å². The van der Waals surface area contributed by atoms with Crippen molar-refractivity contribution in [1.82, 2.24) is 0 Å². The number of carbonyl (C=O) groups excluding carboxylic acids is 2. The molecule has 0 aromatic carbocycles. The molecule has 2 aliphatic rings. The predicted octanol–water partition coefficient (Wildman–Crippen LogP) is 1.88. The first-order chi connectivity index (χ1) is 6.15. The van der Waals surface area contributed by atoms with Crippen molar-refractivity contribution in [2.75, 3.05) is 0 Å². The van der Waals surface area contributed by atoms with E-state index < -0.39 is 0 Å². The van der Waals surface area contributed by atoms with Crippen LogP contribution in [-0.4, -0.2) is 16.1 Å². The minimum atomic E-state index is -0.245. The summed E-state index contributed by atoms with van der Waals surface area (Å²) < 4.78 is 0. The molecule has 2 nitrogen and oxygen atoms in total. The van der Waals surface area contributed by atoms with Gasteiger partial charge in [0.15, 0.2) is 10.9 Å². The van der Waals surface area contributed by atoms with Crippen LogP contribution in [0.15, 0.2) is 0 Å². The lowest BCUT2D eigenvalue weighted by atomic mass is 9.96. The van der Waals surface area contributed by atoms with Crippen LogP contribution in [-0.2, 0) is 9.59 Å². The Kier molecular flexibility index (Phi) is 2.22. The Labute approximate surface area is 82.5 Å². The van der Waals surface area contributed by atoms with Gasteiger partial charge in [0.25, 0.3) is 0 Å². The highest BCUT2D eigenvalue weighted by atomic mass is 32.2. The molecule has 1 saturated carbocycles. The molecule has 1 aliphatic carbocycles. The standard InChI is InChI=1S/C10H14O2S/c1-3-6-4-7(6)8-9(11)5(2)13-10(8)12/h5-8H,3-4H2,1-2H3. The van der Waals surface area contributed by atoms with Crippen LogP contribution >= 0.6 is 11.8 Å². The lowest BCUT2D eigenvalue weighted by Crippen LogP contribution is -2.20. The lowest BCUT2D eigenvalue weighted by Gasteiger charge is -2.03. The molecule has 0 N–H and O–H groups in total. The summed E-state index contributed by atoms with van der Waals surface area (Å²) in [5.41, 5.74) is 0. The van der Waals surface area contributed by atoms with Crippen LogP contribution in [0.2, 0.25) is 0 Å². The maximum Gasteiger partial charge on any atom is 0.200 e. The third kappa shape index (κ3) is 1.43. The fraction of sp³-hybridized carbons (Fsp3) is 0.800. The summed E-state index contributed by atoms with van der Waals surface area (Å²) in [6.45, 7) is 3.97. The molecule has 0 aromatic heterocycles. The first kappa shape index (κ1) is 9.25. The number of carbonyl (C=O) groups is 2. The molecule has 4 atom stereocenters. The molecule has 1 heterocycles. The molecule has 2 fully saturated rings. The SMILES string of the molecule is CCC1CC1C1C(=O)SC(C)C1=O. The zero-order chi connectivity index (χ0) is 9.59. The van der Waals surface area contributed by atoms with E-state index in [2.05, 4.69) is 6.92 Å². The van der Waals surface area contributed by atoms with Crippen LogP contribution in [0.1, 0.15) is 26.7 Å². The van der Waals surface area contributed by atoms with Crippen molar-refractivity contribution in [2.45, 2.75) is 31.9 Å². The number of ketones is 1. The second kappa shape index (κ2) is 3.12. The lowest BCUT2D eigenvalue weighted by molar-refractivity contribution is -0.127. The molecule has 0 amide bonds. The van der Waals surface area contributed by atoms with Crippen molar-refractivity contribution < 1.29 is 9.59 Å². The van der Waals surface area contributed by atoms with Gasteiger partial charge in [0.1, 0.15) is 0 Å². The number of rotatable bonds is 2. The van der Waals surface area contributed by atoms with Gasteiger partial charge in [-0.2, -0.15) is 0 Å². The number of hydrogen-bond donors (Lipinski definition) is 0. The minimum absolute atomic E-state index is 0.0874. The van der Waals surface area contributed by atoms with E-state index in [9.17, 15) is 9.59 Å². The molecular formula is C10H14O2S. The zero-order valence-corrected chi connectivity index (χ0v) is 8.76. The van der Waals surface area contributed by atoms with Crippen LogP contribution in [0.25, 0.3) is 0 Å². The second-order valence-corrected chi connectivity index (χ2v) is 5.37. The van der Waals surface area contributed by atoms with Crippen molar-refractivity contribution >= 4 is 22.7 Å². The van der Waals surface area contributed by atoms with Crippen molar-refractivity contribution in [3.63, 3.8) is 0 Å². The molecular weight excluding hydrogens is 184 g/mol. The van der Waals surface area contributed by atoms with Crippen molar-refractivity contribution in [2.24, 2.45) is 17.8 Å². The van der Waals surface area contributed by atoms with E-state index >= 15 is 0 Å². The summed E-state index contributed by atoms with van der Waals surface area (Å²) in [5.74, 6) is 0.965. The van der Waals surface area contributed by atoms with E-state index in [-0.39, 0.29) is 22.1 Å². The Bertz CT molecular complexity index is 262. The quantitative estimate of drug-likeness (QED) is 0.635. The smallest absolute Gasteiger partial charge is 0.200 e. The van der Waals surface area contributed by atoms with Gasteiger partial charge in [0.05, 0.1) is 11.2 Å². The van der Waals surface area contributed by atoms with E-state index in [1.807, 2.05) is 6.92 Å². The largest absolute Gasteiger partial charge is 0.298 e. The molecule has 72 valence electrons. The first-order valence-corrected chi connectivity index (χ1v) is 5.77. The van der Waals surface area contributed by atoms with E-state index in [0.717, 1.165) is 12.8 Å². The first-order valence-electron chi connectivity index (χ1n) is 4.89. The highest BCUT2D eigenvalue weighted by Crippen LogP contribution is 2.51. The minimum Gasteiger partial charge on any atom is -0.298 e. The van der Waals surface area contributed by atoms with E-state index in [1.54, 1.807) is 0 Å². The molecule has 0 bridgehead atoms. The average molecular weight is 198 g/mol. The summed E-state index contributed by atoms with van der Waals surface area (Å²) >= 11 is 1.23. The van der Waals surface area contributed by atoms with Crippen molar-refractivity contribution in [3.05, 3.63) is 0 Å². The van der Waals surface area contributed by atoms with Crippen LogP contribution in [0.5, 0.6) is 0 Å². The van der Waals surface area contributed by atoms with Gasteiger partial charge in [-0.25, -0.2) is 0 Å². The Morgan fingerprint density at radius 1 is 1.46 bits per heavy atom. The van der Waals surface area contributed by atoms with Crippen molar-refractivity contribution in [1.29, 1.82) is 0 Å². The van der Waals surface area contributed by atoms with Crippen molar-refractivity contribution in [3.8, 4) is 0 Å². The van der Waals surface area contributed by atoms with Gasteiger partial charge in [-0.05, 0) is 25.2 Å². The Balaban J connectivity index is 2.07. The molecule has 3 heteroatoms. The van der Waals surface area contributed by atoms with Gasteiger partial charge < -0.3 is 0 Å². The fourth-order valence-corrected chi connectivity index (χ4v) is 3.26. The van der Waals surface area contributed by atoms with Crippen LogP contribution < -0.4 is 0 Å². The summed E-state index contributed by atoms with van der Waals surface area (Å²) in [6, 6.07) is 0. The van der Waals surface area contributed by atoms with Crippen LogP contribution in [0.4, 0.5) is 0 Å². The highest BCUT2D eigenvalue weighted by Gasteiger charge is 2.52.